The minimum absolute atomic E-state index is 0.954. The molecule has 0 saturated carbocycles. The zero-order valence-corrected chi connectivity index (χ0v) is 10.9. The summed E-state index contributed by atoms with van der Waals surface area (Å²) in [6, 6.07) is 17.9. The molecule has 0 aliphatic heterocycles. The van der Waals surface area contributed by atoms with Gasteiger partial charge in [0, 0.05) is 4.86 Å². The number of fused-ring (bicyclic) bond motifs is 1. The second kappa shape index (κ2) is 6.07. The zero-order chi connectivity index (χ0) is 12.8. The molecule has 0 amide bonds. The van der Waals surface area contributed by atoms with E-state index in [1.165, 1.54) is 0 Å². The third kappa shape index (κ3) is 3.25. The zero-order valence-electron chi connectivity index (χ0n) is 10.1. The quantitative estimate of drug-likeness (QED) is 0.525. The molecule has 0 radical (unpaired) electrons. The fourth-order valence-electron chi connectivity index (χ4n) is 1.55. The van der Waals surface area contributed by atoms with Crippen molar-refractivity contribution in [2.45, 2.75) is 6.92 Å². The fraction of sp³-hybridized carbons (Fsp3) is 0.0667. The Balaban J connectivity index is 0.000000134. The van der Waals surface area contributed by atoms with E-state index in [1.807, 2.05) is 61.5 Å². The number of imidazole rings is 1. The average Bonchev–Trinajstić information content (AvgIpc) is 2.89. The van der Waals surface area contributed by atoms with Gasteiger partial charge in [-0.2, -0.15) is 0 Å². The van der Waals surface area contributed by atoms with Crippen molar-refractivity contribution in [3.8, 4) is 0 Å². The molecule has 0 bridgehead atoms. The topological polar surface area (TPSA) is 28.7 Å². The number of rotatable bonds is 1. The third-order valence-corrected chi connectivity index (χ3v) is 2.74. The third-order valence-electron chi connectivity index (χ3n) is 2.51. The van der Waals surface area contributed by atoms with Crippen molar-refractivity contribution in [1.82, 2.24) is 9.97 Å². The maximum Gasteiger partial charge on any atom is 0.0931 e. The molecular formula is C15H14N2S. The summed E-state index contributed by atoms with van der Waals surface area (Å²) in [5.41, 5.74) is 3.27. The molecule has 1 heterocycles. The largest absolute Gasteiger partial charge is 0.345 e. The summed E-state index contributed by atoms with van der Waals surface area (Å²) >= 11 is 4.96. The van der Waals surface area contributed by atoms with Gasteiger partial charge in [0.05, 0.1) is 17.4 Å². The number of para-hydroxylation sites is 2. The number of aromatic amines is 1. The van der Waals surface area contributed by atoms with Crippen LogP contribution in [0.15, 0.2) is 60.9 Å². The summed E-state index contributed by atoms with van der Waals surface area (Å²) in [4.78, 5) is 8.03. The van der Waals surface area contributed by atoms with Crippen LogP contribution >= 0.6 is 12.2 Å². The van der Waals surface area contributed by atoms with Gasteiger partial charge in [0.15, 0.2) is 0 Å². The van der Waals surface area contributed by atoms with Crippen LogP contribution in [0.1, 0.15) is 12.5 Å². The number of hydrogen-bond acceptors (Lipinski definition) is 2. The monoisotopic (exact) mass is 254 g/mol. The summed E-state index contributed by atoms with van der Waals surface area (Å²) in [6.45, 7) is 1.94. The van der Waals surface area contributed by atoms with E-state index in [0.29, 0.717) is 0 Å². The first-order chi connectivity index (χ1) is 8.77. The Kier molecular flexibility index (Phi) is 4.20. The SMILES string of the molecule is CC(=S)c1ccccc1.c1ccc2[nH]cnc2c1. The van der Waals surface area contributed by atoms with Gasteiger partial charge < -0.3 is 4.98 Å². The highest BCUT2D eigenvalue weighted by Crippen LogP contribution is 2.05. The fourth-order valence-corrected chi connectivity index (χ4v) is 1.69. The van der Waals surface area contributed by atoms with Gasteiger partial charge in [-0.1, -0.05) is 54.7 Å². The molecule has 18 heavy (non-hydrogen) atoms. The van der Waals surface area contributed by atoms with Gasteiger partial charge in [-0.3, -0.25) is 0 Å². The number of benzene rings is 2. The smallest absolute Gasteiger partial charge is 0.0931 e. The molecule has 0 aliphatic rings. The Bertz CT molecular complexity index is 599. The van der Waals surface area contributed by atoms with Gasteiger partial charge in [0.25, 0.3) is 0 Å². The molecule has 0 unspecified atom stereocenters. The van der Waals surface area contributed by atoms with Crippen LogP contribution in [0.25, 0.3) is 11.0 Å². The van der Waals surface area contributed by atoms with Crippen LogP contribution in [0, 0.1) is 0 Å². The van der Waals surface area contributed by atoms with Gasteiger partial charge in [0.2, 0.25) is 0 Å². The Morgan fingerprint density at radius 1 is 1.00 bits per heavy atom. The van der Waals surface area contributed by atoms with Crippen LogP contribution in [0.2, 0.25) is 0 Å². The first kappa shape index (κ1) is 12.5. The summed E-state index contributed by atoms with van der Waals surface area (Å²) in [5, 5.41) is 0. The number of aromatic nitrogens is 2. The molecule has 1 aromatic heterocycles. The molecule has 3 aromatic rings. The van der Waals surface area contributed by atoms with Crippen LogP contribution in [-0.4, -0.2) is 14.8 Å². The average molecular weight is 254 g/mol. The summed E-state index contributed by atoms with van der Waals surface area (Å²) in [6.07, 6.45) is 1.70. The van der Waals surface area contributed by atoms with Crippen LogP contribution in [0.4, 0.5) is 0 Å². The Morgan fingerprint density at radius 2 is 1.67 bits per heavy atom. The van der Waals surface area contributed by atoms with Crippen molar-refractivity contribution in [2.24, 2.45) is 0 Å². The van der Waals surface area contributed by atoms with E-state index >= 15 is 0 Å². The highest BCUT2D eigenvalue weighted by Gasteiger charge is 1.89. The van der Waals surface area contributed by atoms with Crippen molar-refractivity contribution in [3.05, 3.63) is 66.5 Å². The molecule has 0 aliphatic carbocycles. The van der Waals surface area contributed by atoms with Gasteiger partial charge in [0.1, 0.15) is 0 Å². The molecule has 0 saturated heterocycles. The second-order valence-electron chi connectivity index (χ2n) is 3.84. The predicted octanol–water partition coefficient (Wildman–Crippen LogP) is 3.99. The number of nitrogens with one attached hydrogen (secondary N) is 1. The molecule has 2 aromatic carbocycles. The molecule has 3 rings (SSSR count). The molecule has 0 spiro atoms. The molecule has 2 nitrogen and oxygen atoms in total. The molecule has 0 fully saturated rings. The van der Waals surface area contributed by atoms with Crippen molar-refractivity contribution in [3.63, 3.8) is 0 Å². The first-order valence-corrected chi connectivity index (χ1v) is 6.12. The molecule has 90 valence electrons. The van der Waals surface area contributed by atoms with Gasteiger partial charge >= 0.3 is 0 Å². The Labute approximate surface area is 112 Å². The van der Waals surface area contributed by atoms with E-state index in [-0.39, 0.29) is 0 Å². The molecule has 1 N–H and O–H groups in total. The minimum atomic E-state index is 0.954. The van der Waals surface area contributed by atoms with Gasteiger partial charge in [-0.25, -0.2) is 4.98 Å². The van der Waals surface area contributed by atoms with Crippen molar-refractivity contribution < 1.29 is 0 Å². The van der Waals surface area contributed by atoms with E-state index < -0.39 is 0 Å². The molecule has 3 heteroatoms. The number of hydrogen-bond donors (Lipinski definition) is 1. The van der Waals surface area contributed by atoms with Crippen molar-refractivity contribution in [2.75, 3.05) is 0 Å². The number of H-pyrrole nitrogens is 1. The van der Waals surface area contributed by atoms with Crippen LogP contribution in [0.5, 0.6) is 0 Å². The standard InChI is InChI=1S/C8H8S.C7H6N2/c1-7(9)8-5-3-2-4-6-8;1-2-4-7-6(3-1)8-5-9-7/h2-6H,1H3;1-5H,(H,8,9). The van der Waals surface area contributed by atoms with E-state index in [2.05, 4.69) is 9.97 Å². The minimum Gasteiger partial charge on any atom is -0.345 e. The van der Waals surface area contributed by atoms with Crippen molar-refractivity contribution in [1.29, 1.82) is 0 Å². The summed E-state index contributed by atoms with van der Waals surface area (Å²) < 4.78 is 0. The maximum absolute atomic E-state index is 4.96. The highest BCUT2D eigenvalue weighted by atomic mass is 32.1. The summed E-state index contributed by atoms with van der Waals surface area (Å²) in [7, 11) is 0. The Morgan fingerprint density at radius 3 is 2.28 bits per heavy atom. The van der Waals surface area contributed by atoms with E-state index in [1.54, 1.807) is 6.33 Å². The lowest BCUT2D eigenvalue weighted by Crippen LogP contribution is -1.86. The van der Waals surface area contributed by atoms with Crippen LogP contribution in [-0.2, 0) is 0 Å². The van der Waals surface area contributed by atoms with E-state index in [4.69, 9.17) is 12.2 Å². The lowest BCUT2D eigenvalue weighted by molar-refractivity contribution is 1.34. The van der Waals surface area contributed by atoms with Gasteiger partial charge in [-0.15, -0.1) is 0 Å². The van der Waals surface area contributed by atoms with Crippen LogP contribution < -0.4 is 0 Å². The maximum atomic E-state index is 4.96. The van der Waals surface area contributed by atoms with E-state index in [0.717, 1.165) is 21.5 Å². The Hall–Kier alpha value is -2.00. The van der Waals surface area contributed by atoms with Crippen molar-refractivity contribution >= 4 is 28.1 Å². The first-order valence-electron chi connectivity index (χ1n) is 5.71. The molecule has 0 atom stereocenters. The van der Waals surface area contributed by atoms with Gasteiger partial charge in [-0.05, 0) is 24.6 Å². The van der Waals surface area contributed by atoms with E-state index in [9.17, 15) is 0 Å². The number of nitrogens with zero attached hydrogens (tertiary/aromatic N) is 1. The number of thiocarbonyl (C=S) groups is 1. The summed E-state index contributed by atoms with van der Waals surface area (Å²) in [5.74, 6) is 0. The lowest BCUT2D eigenvalue weighted by atomic mass is 10.2. The normalized spacial score (nSPS) is 9.61. The second-order valence-corrected chi connectivity index (χ2v) is 4.45. The van der Waals surface area contributed by atoms with Crippen LogP contribution in [0.3, 0.4) is 0 Å². The lowest BCUT2D eigenvalue weighted by Gasteiger charge is -1.92. The predicted molar refractivity (Wildman–Crippen MR) is 79.9 cm³/mol. The molecular weight excluding hydrogens is 240 g/mol. The highest BCUT2D eigenvalue weighted by molar-refractivity contribution is 7.80.